The van der Waals surface area contributed by atoms with Gasteiger partial charge in [0, 0.05) is 24.7 Å². The first-order valence-corrected chi connectivity index (χ1v) is 9.46. The van der Waals surface area contributed by atoms with E-state index < -0.39 is 0 Å². The first kappa shape index (κ1) is 16.9. The number of carbonyl (C=O) groups excluding carboxylic acids is 2. The monoisotopic (exact) mass is 352 g/mol. The molecule has 2 aromatic rings. The van der Waals surface area contributed by atoms with Crippen LogP contribution in [-0.4, -0.2) is 35.8 Å². The van der Waals surface area contributed by atoms with Gasteiger partial charge < -0.3 is 14.6 Å². The molecule has 5 nitrogen and oxygen atoms in total. The van der Waals surface area contributed by atoms with Gasteiger partial charge >= 0.3 is 0 Å². The van der Waals surface area contributed by atoms with Crippen LogP contribution in [-0.2, 0) is 12.8 Å². The molecule has 26 heavy (non-hydrogen) atoms. The number of nitrogens with zero attached hydrogens (tertiary/aromatic N) is 1. The predicted octanol–water partition coefficient (Wildman–Crippen LogP) is 3.19. The van der Waals surface area contributed by atoms with Crippen molar-refractivity contribution in [3.63, 3.8) is 0 Å². The Bertz CT molecular complexity index is 790. The van der Waals surface area contributed by atoms with E-state index in [9.17, 15) is 9.59 Å². The van der Waals surface area contributed by atoms with E-state index in [4.69, 9.17) is 4.42 Å². The summed E-state index contributed by atoms with van der Waals surface area (Å²) in [4.78, 5) is 26.7. The van der Waals surface area contributed by atoms with Gasteiger partial charge in [-0.05, 0) is 73.9 Å². The highest BCUT2D eigenvalue weighted by Crippen LogP contribution is 2.22. The van der Waals surface area contributed by atoms with Crippen LogP contribution in [0.5, 0.6) is 0 Å². The van der Waals surface area contributed by atoms with E-state index in [1.807, 2.05) is 6.07 Å². The standard InChI is InChI=1S/C21H24N2O3/c24-20(17-8-7-15-4-1-2-5-16(15)14-17)22-18-9-11-23(12-10-18)21(25)19-6-3-13-26-19/h3,6-8,13-14,18H,1-2,4-5,9-12H2,(H,22,24). The Balaban J connectivity index is 1.33. The molecule has 0 radical (unpaired) electrons. The number of fused-ring (bicyclic) bond motifs is 1. The van der Waals surface area contributed by atoms with Crippen molar-refractivity contribution in [1.29, 1.82) is 0 Å². The lowest BCUT2D eigenvalue weighted by Gasteiger charge is -2.32. The van der Waals surface area contributed by atoms with Crippen molar-refractivity contribution in [3.8, 4) is 0 Å². The molecule has 2 heterocycles. The molecule has 1 N–H and O–H groups in total. The van der Waals surface area contributed by atoms with Gasteiger partial charge in [0.15, 0.2) is 5.76 Å². The summed E-state index contributed by atoms with van der Waals surface area (Å²) >= 11 is 0. The van der Waals surface area contributed by atoms with Crippen molar-refractivity contribution in [2.24, 2.45) is 0 Å². The Morgan fingerprint density at radius 1 is 1.04 bits per heavy atom. The molecule has 0 saturated carbocycles. The summed E-state index contributed by atoms with van der Waals surface area (Å²) in [5.74, 6) is 0.296. The number of piperidine rings is 1. The normalized spacial score (nSPS) is 17.6. The molecule has 0 unspecified atom stereocenters. The summed E-state index contributed by atoms with van der Waals surface area (Å²) < 4.78 is 5.18. The van der Waals surface area contributed by atoms with Crippen LogP contribution < -0.4 is 5.32 Å². The number of carbonyl (C=O) groups is 2. The fraction of sp³-hybridized carbons (Fsp3) is 0.429. The van der Waals surface area contributed by atoms with Gasteiger partial charge in [0.05, 0.1) is 6.26 Å². The number of rotatable bonds is 3. The topological polar surface area (TPSA) is 62.6 Å². The Morgan fingerprint density at radius 3 is 2.54 bits per heavy atom. The average molecular weight is 352 g/mol. The highest BCUT2D eigenvalue weighted by molar-refractivity contribution is 5.95. The summed E-state index contributed by atoms with van der Waals surface area (Å²) in [6.07, 6.45) is 7.70. The van der Waals surface area contributed by atoms with Gasteiger partial charge in [0.2, 0.25) is 0 Å². The maximum Gasteiger partial charge on any atom is 0.289 e. The van der Waals surface area contributed by atoms with Crippen LogP contribution >= 0.6 is 0 Å². The minimum atomic E-state index is -0.0746. The third-order valence-corrected chi connectivity index (χ3v) is 5.46. The van der Waals surface area contributed by atoms with Crippen LogP contribution in [0.2, 0.25) is 0 Å². The maximum absolute atomic E-state index is 12.6. The molecular formula is C21H24N2O3. The van der Waals surface area contributed by atoms with Crippen molar-refractivity contribution in [2.45, 2.75) is 44.6 Å². The summed E-state index contributed by atoms with van der Waals surface area (Å²) in [6, 6.07) is 9.62. The van der Waals surface area contributed by atoms with Crippen LogP contribution in [0, 0.1) is 0 Å². The van der Waals surface area contributed by atoms with Gasteiger partial charge in [-0.3, -0.25) is 9.59 Å². The van der Waals surface area contributed by atoms with Crippen molar-refractivity contribution >= 4 is 11.8 Å². The minimum absolute atomic E-state index is 0.00538. The Kier molecular flexibility index (Phi) is 4.78. The quantitative estimate of drug-likeness (QED) is 0.923. The molecule has 0 bridgehead atoms. The zero-order valence-electron chi connectivity index (χ0n) is 14.9. The van der Waals surface area contributed by atoms with E-state index in [1.54, 1.807) is 17.0 Å². The predicted molar refractivity (Wildman–Crippen MR) is 98.2 cm³/mol. The molecule has 136 valence electrons. The highest BCUT2D eigenvalue weighted by Gasteiger charge is 2.26. The van der Waals surface area contributed by atoms with Crippen LogP contribution in [0.25, 0.3) is 0 Å². The molecule has 1 aliphatic heterocycles. The number of nitrogens with one attached hydrogen (secondary N) is 1. The number of hydrogen-bond donors (Lipinski definition) is 1. The number of amides is 2. The largest absolute Gasteiger partial charge is 0.459 e. The second kappa shape index (κ2) is 7.36. The average Bonchev–Trinajstić information content (AvgIpc) is 3.22. The second-order valence-corrected chi connectivity index (χ2v) is 7.21. The van der Waals surface area contributed by atoms with E-state index in [0.29, 0.717) is 18.8 Å². The summed E-state index contributed by atoms with van der Waals surface area (Å²) in [5.41, 5.74) is 3.46. The van der Waals surface area contributed by atoms with Crippen LogP contribution in [0.1, 0.15) is 57.7 Å². The molecule has 1 aliphatic carbocycles. The molecular weight excluding hydrogens is 328 g/mol. The van der Waals surface area contributed by atoms with Gasteiger partial charge in [-0.1, -0.05) is 6.07 Å². The molecule has 5 heteroatoms. The number of furan rings is 1. The SMILES string of the molecule is O=C(NC1CCN(C(=O)c2ccco2)CC1)c1ccc2c(c1)CCCC2. The molecule has 1 aromatic carbocycles. The number of hydrogen-bond acceptors (Lipinski definition) is 3. The molecule has 0 atom stereocenters. The van der Waals surface area contributed by atoms with Crippen molar-refractivity contribution in [3.05, 3.63) is 59.0 Å². The van der Waals surface area contributed by atoms with Crippen LogP contribution in [0.4, 0.5) is 0 Å². The zero-order chi connectivity index (χ0) is 17.9. The first-order valence-electron chi connectivity index (χ1n) is 9.46. The van der Waals surface area contributed by atoms with Crippen molar-refractivity contribution in [2.75, 3.05) is 13.1 Å². The fourth-order valence-electron chi connectivity index (χ4n) is 3.93. The summed E-state index contributed by atoms with van der Waals surface area (Å²) in [6.45, 7) is 1.27. The van der Waals surface area contributed by atoms with E-state index in [0.717, 1.165) is 31.2 Å². The third kappa shape index (κ3) is 3.52. The van der Waals surface area contributed by atoms with E-state index >= 15 is 0 Å². The molecule has 2 aliphatic rings. The van der Waals surface area contributed by atoms with Gasteiger partial charge in [-0.25, -0.2) is 0 Å². The van der Waals surface area contributed by atoms with Gasteiger partial charge in [0.1, 0.15) is 0 Å². The minimum Gasteiger partial charge on any atom is -0.459 e. The van der Waals surface area contributed by atoms with Crippen LogP contribution in [0.15, 0.2) is 41.0 Å². The summed E-state index contributed by atoms with van der Waals surface area (Å²) in [5, 5.41) is 3.14. The Labute approximate surface area is 153 Å². The lowest BCUT2D eigenvalue weighted by atomic mass is 9.90. The molecule has 4 rings (SSSR count). The van der Waals surface area contributed by atoms with Gasteiger partial charge in [-0.2, -0.15) is 0 Å². The van der Waals surface area contributed by atoms with E-state index in [-0.39, 0.29) is 17.9 Å². The van der Waals surface area contributed by atoms with Gasteiger partial charge in [0.25, 0.3) is 11.8 Å². The molecule has 1 fully saturated rings. The second-order valence-electron chi connectivity index (χ2n) is 7.21. The molecule has 1 saturated heterocycles. The first-order chi connectivity index (χ1) is 12.7. The maximum atomic E-state index is 12.6. The fourth-order valence-corrected chi connectivity index (χ4v) is 3.93. The van der Waals surface area contributed by atoms with Crippen molar-refractivity contribution in [1.82, 2.24) is 10.2 Å². The van der Waals surface area contributed by atoms with E-state index in [1.165, 1.54) is 30.2 Å². The molecule has 0 spiro atoms. The smallest absolute Gasteiger partial charge is 0.289 e. The Morgan fingerprint density at radius 2 is 1.81 bits per heavy atom. The van der Waals surface area contributed by atoms with Gasteiger partial charge in [-0.15, -0.1) is 0 Å². The lowest BCUT2D eigenvalue weighted by Crippen LogP contribution is -2.46. The number of likely N-dealkylation sites (tertiary alicyclic amines) is 1. The number of aryl methyl sites for hydroxylation is 2. The lowest BCUT2D eigenvalue weighted by molar-refractivity contribution is 0.0667. The molecule has 1 aromatic heterocycles. The zero-order valence-corrected chi connectivity index (χ0v) is 14.9. The van der Waals surface area contributed by atoms with Crippen LogP contribution in [0.3, 0.4) is 0 Å². The number of benzene rings is 1. The Hall–Kier alpha value is -2.56. The van der Waals surface area contributed by atoms with E-state index in [2.05, 4.69) is 17.4 Å². The highest BCUT2D eigenvalue weighted by atomic mass is 16.3. The molecule has 2 amide bonds. The summed E-state index contributed by atoms with van der Waals surface area (Å²) in [7, 11) is 0. The van der Waals surface area contributed by atoms with Crippen molar-refractivity contribution < 1.29 is 14.0 Å². The third-order valence-electron chi connectivity index (χ3n) is 5.46.